The number of phenols is 2. The van der Waals surface area contributed by atoms with Crippen molar-refractivity contribution < 1.29 is 10.2 Å². The summed E-state index contributed by atoms with van der Waals surface area (Å²) >= 11 is 0. The Balaban J connectivity index is 3.12. The van der Waals surface area contributed by atoms with Crippen molar-refractivity contribution in [3.8, 4) is 11.5 Å². The molecular weight excluding hydrogens is 178 g/mol. The Bertz CT molecular complexity index is 321. The summed E-state index contributed by atoms with van der Waals surface area (Å²) in [6, 6.07) is 5.08. The van der Waals surface area contributed by atoms with Crippen molar-refractivity contribution in [1.82, 2.24) is 4.48 Å². The molecule has 0 atom stereocenters. The molecule has 2 N–H and O–H groups in total. The van der Waals surface area contributed by atoms with Crippen molar-refractivity contribution in [1.29, 1.82) is 0 Å². The van der Waals surface area contributed by atoms with Gasteiger partial charge in [-0.3, -0.25) is 4.48 Å². The molecule has 0 fully saturated rings. The fourth-order valence-electron chi connectivity index (χ4n) is 1.69. The maximum atomic E-state index is 9.69. The van der Waals surface area contributed by atoms with Gasteiger partial charge in [0.15, 0.2) is 11.4 Å². The maximum Gasteiger partial charge on any atom is 0.219 e. The van der Waals surface area contributed by atoms with Crippen LogP contribution >= 0.6 is 0 Å². The number of benzene rings is 1. The van der Waals surface area contributed by atoms with Gasteiger partial charge in [0.25, 0.3) is 0 Å². The molecule has 0 aliphatic heterocycles. The van der Waals surface area contributed by atoms with Gasteiger partial charge in [0.05, 0.1) is 20.6 Å². The van der Waals surface area contributed by atoms with Crippen molar-refractivity contribution in [2.75, 3.05) is 20.6 Å². The molecule has 1 aromatic carbocycles. The summed E-state index contributed by atoms with van der Waals surface area (Å²) < 4.78 is 0.580. The SMILES string of the molecule is CCC[N+](C)(C)c1cccc(O)c1O. The summed E-state index contributed by atoms with van der Waals surface area (Å²) in [5.74, 6) is -0.0595. The molecule has 1 rings (SSSR count). The first-order valence-corrected chi connectivity index (χ1v) is 4.83. The fourth-order valence-corrected chi connectivity index (χ4v) is 1.69. The summed E-state index contributed by atoms with van der Waals surface area (Å²) in [6.45, 7) is 3.02. The summed E-state index contributed by atoms with van der Waals surface area (Å²) in [5, 5.41) is 19.1. The highest BCUT2D eigenvalue weighted by Crippen LogP contribution is 2.37. The van der Waals surface area contributed by atoms with Gasteiger partial charge in [-0.2, -0.15) is 0 Å². The van der Waals surface area contributed by atoms with E-state index in [1.165, 1.54) is 6.07 Å². The number of phenolic OH excluding ortho intramolecular Hbond substituents is 2. The van der Waals surface area contributed by atoms with Crippen LogP contribution in [0, 0.1) is 0 Å². The minimum atomic E-state index is -0.0511. The van der Waals surface area contributed by atoms with Gasteiger partial charge in [-0.15, -0.1) is 0 Å². The third-order valence-corrected chi connectivity index (χ3v) is 2.43. The van der Waals surface area contributed by atoms with Crippen molar-refractivity contribution in [3.63, 3.8) is 0 Å². The zero-order valence-electron chi connectivity index (χ0n) is 8.99. The normalized spacial score (nSPS) is 11.6. The van der Waals surface area contributed by atoms with Crippen LogP contribution in [0.5, 0.6) is 11.5 Å². The lowest BCUT2D eigenvalue weighted by atomic mass is 10.2. The second-order valence-corrected chi connectivity index (χ2v) is 4.05. The van der Waals surface area contributed by atoms with Crippen molar-refractivity contribution in [3.05, 3.63) is 18.2 Å². The summed E-state index contributed by atoms with van der Waals surface area (Å²) in [6.07, 6.45) is 1.03. The number of quaternary nitrogens is 1. The molecule has 0 aliphatic carbocycles. The van der Waals surface area contributed by atoms with E-state index in [0.29, 0.717) is 4.48 Å². The Morgan fingerprint density at radius 2 is 1.86 bits per heavy atom. The lowest BCUT2D eigenvalue weighted by Gasteiger charge is -2.29. The summed E-state index contributed by atoms with van der Waals surface area (Å²) in [5.41, 5.74) is 0.756. The fraction of sp³-hybridized carbons (Fsp3) is 0.455. The van der Waals surface area contributed by atoms with Crippen molar-refractivity contribution in [2.24, 2.45) is 0 Å². The number of nitrogens with zero attached hydrogens (tertiary/aromatic N) is 1. The minimum Gasteiger partial charge on any atom is -0.504 e. The Labute approximate surface area is 84.8 Å². The van der Waals surface area contributed by atoms with E-state index < -0.39 is 0 Å². The standard InChI is InChI=1S/C11H17NO2/c1-4-8-12(2,3)9-6-5-7-10(13)11(9)14/h5-7H,4,8H2,1-3H3,(H-,13,14)/p+1. The molecule has 0 saturated heterocycles. The van der Waals surface area contributed by atoms with Crippen LogP contribution in [-0.2, 0) is 0 Å². The second kappa shape index (κ2) is 3.88. The van der Waals surface area contributed by atoms with Gasteiger partial charge in [0, 0.05) is 6.07 Å². The molecule has 1 aromatic rings. The van der Waals surface area contributed by atoms with Gasteiger partial charge in [-0.1, -0.05) is 13.0 Å². The quantitative estimate of drug-likeness (QED) is 0.574. The van der Waals surface area contributed by atoms with E-state index in [1.54, 1.807) is 6.07 Å². The first kappa shape index (κ1) is 10.9. The maximum absolute atomic E-state index is 9.69. The topological polar surface area (TPSA) is 40.5 Å². The van der Waals surface area contributed by atoms with Gasteiger partial charge in [-0.05, 0) is 12.5 Å². The monoisotopic (exact) mass is 196 g/mol. The minimum absolute atomic E-state index is 0.00838. The molecule has 0 saturated carbocycles. The van der Waals surface area contributed by atoms with Crippen LogP contribution in [0.15, 0.2) is 18.2 Å². The molecule has 0 aliphatic rings. The highest BCUT2D eigenvalue weighted by Gasteiger charge is 2.23. The molecule has 0 bridgehead atoms. The number of aromatic hydroxyl groups is 2. The van der Waals surface area contributed by atoms with Gasteiger partial charge in [0.2, 0.25) is 5.75 Å². The van der Waals surface area contributed by atoms with Gasteiger partial charge >= 0.3 is 0 Å². The zero-order valence-corrected chi connectivity index (χ0v) is 8.99. The molecular formula is C11H18NO2+. The average molecular weight is 196 g/mol. The predicted molar refractivity (Wildman–Crippen MR) is 58.6 cm³/mol. The molecule has 78 valence electrons. The number of para-hydroxylation sites is 1. The third kappa shape index (κ3) is 1.99. The molecule has 14 heavy (non-hydrogen) atoms. The summed E-state index contributed by atoms with van der Waals surface area (Å²) in [7, 11) is 4.02. The Hall–Kier alpha value is -1.22. The average Bonchev–Trinajstić information content (AvgIpc) is 2.09. The Kier molecular flexibility index (Phi) is 3.01. The van der Waals surface area contributed by atoms with Crippen LogP contribution in [0.2, 0.25) is 0 Å². The van der Waals surface area contributed by atoms with E-state index in [0.717, 1.165) is 18.7 Å². The van der Waals surface area contributed by atoms with E-state index in [2.05, 4.69) is 6.92 Å². The number of hydrogen-bond donors (Lipinski definition) is 2. The first-order valence-electron chi connectivity index (χ1n) is 4.83. The third-order valence-electron chi connectivity index (χ3n) is 2.43. The molecule has 0 heterocycles. The molecule has 0 unspecified atom stereocenters. The van der Waals surface area contributed by atoms with E-state index in [9.17, 15) is 10.2 Å². The second-order valence-electron chi connectivity index (χ2n) is 4.05. The Morgan fingerprint density at radius 1 is 1.21 bits per heavy atom. The largest absolute Gasteiger partial charge is 0.504 e. The summed E-state index contributed by atoms with van der Waals surface area (Å²) in [4.78, 5) is 0. The van der Waals surface area contributed by atoms with Crippen LogP contribution in [0.3, 0.4) is 0 Å². The molecule has 0 spiro atoms. The number of hydrogen-bond acceptors (Lipinski definition) is 2. The van der Waals surface area contributed by atoms with Gasteiger partial charge < -0.3 is 10.2 Å². The van der Waals surface area contributed by atoms with E-state index in [-0.39, 0.29) is 11.5 Å². The predicted octanol–water partition coefficient (Wildman–Crippen LogP) is 2.07. The molecule has 0 amide bonds. The van der Waals surface area contributed by atoms with E-state index in [1.807, 2.05) is 20.2 Å². The molecule has 0 radical (unpaired) electrons. The molecule has 3 nitrogen and oxygen atoms in total. The lowest BCUT2D eigenvalue weighted by molar-refractivity contribution is 0.356. The van der Waals surface area contributed by atoms with Crippen LogP contribution in [0.25, 0.3) is 0 Å². The van der Waals surface area contributed by atoms with Crippen LogP contribution < -0.4 is 4.48 Å². The van der Waals surface area contributed by atoms with Crippen molar-refractivity contribution >= 4 is 5.69 Å². The lowest BCUT2D eigenvalue weighted by Crippen LogP contribution is -2.40. The highest BCUT2D eigenvalue weighted by molar-refractivity contribution is 5.60. The van der Waals surface area contributed by atoms with Gasteiger partial charge in [0.1, 0.15) is 0 Å². The van der Waals surface area contributed by atoms with E-state index in [4.69, 9.17) is 0 Å². The van der Waals surface area contributed by atoms with Crippen molar-refractivity contribution in [2.45, 2.75) is 13.3 Å². The van der Waals surface area contributed by atoms with Gasteiger partial charge in [-0.25, -0.2) is 0 Å². The van der Waals surface area contributed by atoms with Crippen LogP contribution in [0.4, 0.5) is 5.69 Å². The first-order chi connectivity index (χ1) is 6.49. The molecule has 0 aromatic heterocycles. The van der Waals surface area contributed by atoms with E-state index >= 15 is 0 Å². The molecule has 3 heteroatoms. The Morgan fingerprint density at radius 3 is 2.43 bits per heavy atom. The van der Waals surface area contributed by atoms with Crippen LogP contribution in [-0.4, -0.2) is 30.9 Å². The zero-order chi connectivity index (χ0) is 10.8. The number of rotatable bonds is 3. The highest BCUT2D eigenvalue weighted by atomic mass is 16.3. The van der Waals surface area contributed by atoms with Crippen LogP contribution in [0.1, 0.15) is 13.3 Å². The smallest absolute Gasteiger partial charge is 0.219 e.